The lowest BCUT2D eigenvalue weighted by Gasteiger charge is -2.11. The topological polar surface area (TPSA) is 93.7 Å². The van der Waals surface area contributed by atoms with Gasteiger partial charge < -0.3 is 20.1 Å². The highest BCUT2D eigenvalue weighted by Gasteiger charge is 2.10. The van der Waals surface area contributed by atoms with Gasteiger partial charge in [0.05, 0.1) is 6.61 Å². The molecule has 2 N–H and O–H groups in total. The van der Waals surface area contributed by atoms with Crippen molar-refractivity contribution in [2.45, 2.75) is 20.4 Å². The fourth-order valence-electron chi connectivity index (χ4n) is 3.11. The van der Waals surface area contributed by atoms with Gasteiger partial charge in [-0.1, -0.05) is 42.5 Å². The molecule has 34 heavy (non-hydrogen) atoms. The average Bonchev–Trinajstić information content (AvgIpc) is 2.83. The zero-order valence-corrected chi connectivity index (χ0v) is 19.0. The first-order chi connectivity index (χ1) is 16.5. The molecule has 3 rings (SSSR count). The molecule has 0 aliphatic carbocycles. The molecule has 0 radical (unpaired) electrons. The van der Waals surface area contributed by atoms with Gasteiger partial charge in [-0.2, -0.15) is 0 Å². The van der Waals surface area contributed by atoms with E-state index < -0.39 is 6.16 Å². The summed E-state index contributed by atoms with van der Waals surface area (Å²) < 4.78 is 9.71. The molecule has 7 heteroatoms. The molecular formula is C27H26N2O5. The number of benzene rings is 3. The number of nitrogens with one attached hydrogen (secondary N) is 2. The molecule has 3 aromatic carbocycles. The van der Waals surface area contributed by atoms with Gasteiger partial charge in [0.2, 0.25) is 5.91 Å². The minimum absolute atomic E-state index is 0.213. The zero-order chi connectivity index (χ0) is 24.3. The zero-order valence-electron chi connectivity index (χ0n) is 19.0. The summed E-state index contributed by atoms with van der Waals surface area (Å²) in [5.74, 6) is -0.288. The summed E-state index contributed by atoms with van der Waals surface area (Å²) in [5.41, 5.74) is 3.82. The molecule has 2 amide bonds. The van der Waals surface area contributed by atoms with E-state index in [4.69, 9.17) is 9.47 Å². The van der Waals surface area contributed by atoms with Gasteiger partial charge in [-0.25, -0.2) is 4.79 Å². The van der Waals surface area contributed by atoms with Crippen LogP contribution in [-0.2, 0) is 16.1 Å². The van der Waals surface area contributed by atoms with Gasteiger partial charge in [-0.3, -0.25) is 9.59 Å². The van der Waals surface area contributed by atoms with Crippen molar-refractivity contribution >= 4 is 29.7 Å². The number of para-hydroxylation sites is 1. The molecule has 0 saturated heterocycles. The third kappa shape index (κ3) is 7.06. The number of amides is 2. The first kappa shape index (κ1) is 24.3. The summed E-state index contributed by atoms with van der Waals surface area (Å²) in [7, 11) is 0. The highest BCUT2D eigenvalue weighted by Crippen LogP contribution is 2.17. The van der Waals surface area contributed by atoms with E-state index in [1.165, 1.54) is 18.2 Å². The normalized spacial score (nSPS) is 10.5. The van der Waals surface area contributed by atoms with Crippen molar-refractivity contribution in [3.8, 4) is 5.75 Å². The molecule has 0 fully saturated rings. The molecule has 0 bridgehead atoms. The lowest BCUT2D eigenvalue weighted by molar-refractivity contribution is -0.111. The molecule has 174 valence electrons. The van der Waals surface area contributed by atoms with E-state index in [2.05, 4.69) is 10.6 Å². The van der Waals surface area contributed by atoms with Crippen molar-refractivity contribution in [2.24, 2.45) is 0 Å². The predicted molar refractivity (Wildman–Crippen MR) is 131 cm³/mol. The SMILES string of the molecule is CCOC(=O)Oc1ccc(C(=O)NCc2ccccc2NC(=O)/C=C/c2ccccc2C)cc1. The Kier molecular flexibility index (Phi) is 8.57. The van der Waals surface area contributed by atoms with Crippen LogP contribution in [-0.4, -0.2) is 24.6 Å². The van der Waals surface area contributed by atoms with Gasteiger partial charge >= 0.3 is 6.16 Å². The van der Waals surface area contributed by atoms with E-state index in [0.717, 1.165) is 16.7 Å². The summed E-state index contributed by atoms with van der Waals surface area (Å²) in [6.45, 7) is 4.10. The number of hydrogen-bond acceptors (Lipinski definition) is 5. The van der Waals surface area contributed by atoms with Crippen molar-refractivity contribution in [3.05, 3.63) is 101 Å². The molecule has 3 aromatic rings. The predicted octanol–water partition coefficient (Wildman–Crippen LogP) is 5.11. The highest BCUT2D eigenvalue weighted by molar-refractivity contribution is 6.02. The first-order valence-electron chi connectivity index (χ1n) is 10.8. The summed E-state index contributed by atoms with van der Waals surface area (Å²) >= 11 is 0. The highest BCUT2D eigenvalue weighted by atomic mass is 16.7. The second-order valence-electron chi connectivity index (χ2n) is 7.33. The van der Waals surface area contributed by atoms with Crippen molar-refractivity contribution < 1.29 is 23.9 Å². The molecular weight excluding hydrogens is 432 g/mol. The van der Waals surface area contributed by atoms with E-state index in [0.29, 0.717) is 11.3 Å². The third-order valence-electron chi connectivity index (χ3n) is 4.90. The third-order valence-corrected chi connectivity index (χ3v) is 4.90. The largest absolute Gasteiger partial charge is 0.513 e. The minimum Gasteiger partial charge on any atom is -0.434 e. The number of carbonyl (C=O) groups is 3. The number of anilines is 1. The van der Waals surface area contributed by atoms with Crippen LogP contribution >= 0.6 is 0 Å². The van der Waals surface area contributed by atoms with Crippen molar-refractivity contribution in [2.75, 3.05) is 11.9 Å². The average molecular weight is 459 g/mol. The van der Waals surface area contributed by atoms with Crippen molar-refractivity contribution in [3.63, 3.8) is 0 Å². The fraction of sp³-hybridized carbons (Fsp3) is 0.148. The number of carbonyl (C=O) groups excluding carboxylic acids is 3. The van der Waals surface area contributed by atoms with E-state index in [9.17, 15) is 14.4 Å². The van der Waals surface area contributed by atoms with Crippen LogP contribution < -0.4 is 15.4 Å². The molecule has 0 atom stereocenters. The number of rotatable bonds is 8. The lowest BCUT2D eigenvalue weighted by Crippen LogP contribution is -2.23. The van der Waals surface area contributed by atoms with E-state index in [-0.39, 0.29) is 30.7 Å². The Labute approximate surface area is 198 Å². The van der Waals surface area contributed by atoms with Crippen molar-refractivity contribution in [1.82, 2.24) is 5.32 Å². The first-order valence-corrected chi connectivity index (χ1v) is 10.8. The lowest BCUT2D eigenvalue weighted by atomic mass is 10.1. The maximum atomic E-state index is 12.5. The minimum atomic E-state index is -0.799. The molecule has 0 spiro atoms. The second-order valence-corrected chi connectivity index (χ2v) is 7.33. The maximum absolute atomic E-state index is 12.5. The van der Waals surface area contributed by atoms with Gasteiger partial charge in [0.15, 0.2) is 0 Å². The molecule has 0 unspecified atom stereocenters. The van der Waals surface area contributed by atoms with Crippen LogP contribution in [0.4, 0.5) is 10.5 Å². The monoisotopic (exact) mass is 458 g/mol. The van der Waals surface area contributed by atoms with Gasteiger partial charge in [0.25, 0.3) is 5.91 Å². The Morgan fingerprint density at radius 1 is 0.912 bits per heavy atom. The Bertz CT molecular complexity index is 1190. The summed E-state index contributed by atoms with van der Waals surface area (Å²) in [4.78, 5) is 36.3. The summed E-state index contributed by atoms with van der Waals surface area (Å²) in [5, 5.41) is 5.70. The Morgan fingerprint density at radius 2 is 1.62 bits per heavy atom. The van der Waals surface area contributed by atoms with E-state index >= 15 is 0 Å². The summed E-state index contributed by atoms with van der Waals surface area (Å²) in [6, 6.07) is 21.2. The van der Waals surface area contributed by atoms with Crippen LogP contribution in [0.3, 0.4) is 0 Å². The fourth-order valence-corrected chi connectivity index (χ4v) is 3.11. The van der Waals surface area contributed by atoms with E-state index in [1.807, 2.05) is 49.4 Å². The van der Waals surface area contributed by atoms with Crippen LogP contribution in [0, 0.1) is 6.92 Å². The van der Waals surface area contributed by atoms with E-state index in [1.54, 1.807) is 31.2 Å². The maximum Gasteiger partial charge on any atom is 0.513 e. The van der Waals surface area contributed by atoms with Crippen LogP contribution in [0.2, 0.25) is 0 Å². The van der Waals surface area contributed by atoms with Gasteiger partial charge in [0.1, 0.15) is 5.75 Å². The Balaban J connectivity index is 1.58. The number of hydrogen-bond donors (Lipinski definition) is 2. The Morgan fingerprint density at radius 3 is 2.35 bits per heavy atom. The van der Waals surface area contributed by atoms with Gasteiger partial charge in [0, 0.05) is 23.9 Å². The van der Waals surface area contributed by atoms with Crippen molar-refractivity contribution in [1.29, 1.82) is 0 Å². The van der Waals surface area contributed by atoms with Gasteiger partial charge in [-0.05, 0) is 66.9 Å². The quantitative estimate of drug-likeness (QED) is 0.278. The molecule has 0 heterocycles. The molecule has 0 aliphatic rings. The standard InChI is InChI=1S/C27H26N2O5/c1-3-33-27(32)34-23-15-12-21(13-16-23)26(31)28-18-22-10-6-7-11-24(22)29-25(30)17-14-20-9-5-4-8-19(20)2/h4-17H,3,18H2,1-2H3,(H,28,31)(H,29,30)/b17-14+. The molecule has 0 saturated carbocycles. The molecule has 7 nitrogen and oxygen atoms in total. The summed E-state index contributed by atoms with van der Waals surface area (Å²) in [6.07, 6.45) is 2.45. The van der Waals surface area contributed by atoms with Crippen LogP contribution in [0.25, 0.3) is 6.08 Å². The van der Waals surface area contributed by atoms with Crippen LogP contribution in [0.15, 0.2) is 78.9 Å². The molecule has 0 aliphatic heterocycles. The number of ether oxygens (including phenoxy) is 2. The smallest absolute Gasteiger partial charge is 0.434 e. The van der Waals surface area contributed by atoms with Gasteiger partial charge in [-0.15, -0.1) is 0 Å². The Hall–Kier alpha value is -4.39. The number of aryl methyl sites for hydroxylation is 1. The van der Waals surface area contributed by atoms with Crippen LogP contribution in [0.5, 0.6) is 5.75 Å². The van der Waals surface area contributed by atoms with Crippen LogP contribution in [0.1, 0.15) is 34.0 Å². The second kappa shape index (κ2) is 12.0. The molecule has 0 aromatic heterocycles.